The first-order chi connectivity index (χ1) is 13.9. The molecular formula is C18H19N7O4. The topological polar surface area (TPSA) is 137 Å². The number of benzene rings is 1. The van der Waals surface area contributed by atoms with Crippen molar-refractivity contribution in [1.29, 1.82) is 0 Å². The minimum Gasteiger partial charge on any atom is -0.324 e. The Hall–Kier alpha value is -4.02. The van der Waals surface area contributed by atoms with E-state index >= 15 is 0 Å². The summed E-state index contributed by atoms with van der Waals surface area (Å²) in [5.41, 5.74) is 1.55. The Labute approximate surface area is 165 Å². The van der Waals surface area contributed by atoms with Crippen LogP contribution in [-0.4, -0.2) is 36.3 Å². The number of anilines is 2. The molecule has 0 aliphatic rings. The summed E-state index contributed by atoms with van der Waals surface area (Å²) in [6.45, 7) is 3.80. The van der Waals surface area contributed by atoms with Gasteiger partial charge in [0.25, 0.3) is 5.91 Å². The van der Waals surface area contributed by atoms with Gasteiger partial charge in [0, 0.05) is 24.1 Å². The molecule has 0 saturated heterocycles. The molecule has 2 aromatic heterocycles. The summed E-state index contributed by atoms with van der Waals surface area (Å²) in [5.74, 6) is -0.717. The molecule has 150 valence electrons. The maximum Gasteiger partial charge on any atom is 0.309 e. The lowest BCUT2D eigenvalue weighted by atomic mass is 10.2. The molecule has 2 N–H and O–H groups in total. The molecule has 1 aromatic carbocycles. The monoisotopic (exact) mass is 397 g/mol. The van der Waals surface area contributed by atoms with Crippen LogP contribution in [0.3, 0.4) is 0 Å². The normalized spacial score (nSPS) is 10.6. The van der Waals surface area contributed by atoms with Gasteiger partial charge in [0.2, 0.25) is 5.91 Å². The van der Waals surface area contributed by atoms with E-state index in [1.807, 2.05) is 6.92 Å². The fraction of sp³-hybridized carbons (Fsp3) is 0.222. The number of rotatable bonds is 7. The molecule has 0 bridgehead atoms. The smallest absolute Gasteiger partial charge is 0.309 e. The zero-order chi connectivity index (χ0) is 21.0. The van der Waals surface area contributed by atoms with Crippen molar-refractivity contribution >= 4 is 28.9 Å². The summed E-state index contributed by atoms with van der Waals surface area (Å²) < 4.78 is 2.83. The highest BCUT2D eigenvalue weighted by Gasteiger charge is 2.18. The summed E-state index contributed by atoms with van der Waals surface area (Å²) in [7, 11) is 0. The highest BCUT2D eigenvalue weighted by atomic mass is 16.6. The first kappa shape index (κ1) is 19.7. The Morgan fingerprint density at radius 2 is 1.86 bits per heavy atom. The van der Waals surface area contributed by atoms with E-state index in [0.29, 0.717) is 29.3 Å². The number of nitrogens with zero attached hydrogens (tertiary/aromatic N) is 5. The molecular weight excluding hydrogens is 378 g/mol. The molecule has 0 aliphatic heterocycles. The average molecular weight is 397 g/mol. The van der Waals surface area contributed by atoms with Crippen LogP contribution in [0.25, 0.3) is 0 Å². The molecule has 0 saturated carbocycles. The second-order valence-corrected chi connectivity index (χ2v) is 6.15. The van der Waals surface area contributed by atoms with Gasteiger partial charge < -0.3 is 10.6 Å². The molecule has 0 atom stereocenters. The van der Waals surface area contributed by atoms with Crippen molar-refractivity contribution in [3.8, 4) is 0 Å². The first-order valence-electron chi connectivity index (χ1n) is 8.79. The third kappa shape index (κ3) is 4.46. The van der Waals surface area contributed by atoms with Crippen molar-refractivity contribution in [2.75, 3.05) is 10.6 Å². The second kappa shape index (κ2) is 8.33. The van der Waals surface area contributed by atoms with E-state index in [1.54, 1.807) is 41.2 Å². The van der Waals surface area contributed by atoms with Crippen LogP contribution < -0.4 is 10.6 Å². The summed E-state index contributed by atoms with van der Waals surface area (Å²) in [4.78, 5) is 35.0. The zero-order valence-electron chi connectivity index (χ0n) is 15.8. The molecule has 0 unspecified atom stereocenters. The highest BCUT2D eigenvalue weighted by Crippen LogP contribution is 2.18. The van der Waals surface area contributed by atoms with E-state index in [4.69, 9.17) is 0 Å². The Balaban J connectivity index is 1.66. The average Bonchev–Trinajstić information content (AvgIpc) is 3.29. The van der Waals surface area contributed by atoms with Crippen LogP contribution >= 0.6 is 0 Å². The molecule has 2 amide bonds. The lowest BCUT2D eigenvalue weighted by Gasteiger charge is -2.10. The molecule has 0 aliphatic carbocycles. The zero-order valence-corrected chi connectivity index (χ0v) is 15.8. The van der Waals surface area contributed by atoms with Crippen LogP contribution in [0.1, 0.15) is 23.1 Å². The van der Waals surface area contributed by atoms with E-state index in [-0.39, 0.29) is 18.1 Å². The summed E-state index contributed by atoms with van der Waals surface area (Å²) >= 11 is 0. The van der Waals surface area contributed by atoms with Crippen LogP contribution in [0.15, 0.2) is 42.7 Å². The van der Waals surface area contributed by atoms with Crippen molar-refractivity contribution in [3.63, 3.8) is 0 Å². The van der Waals surface area contributed by atoms with Crippen molar-refractivity contribution in [1.82, 2.24) is 19.6 Å². The van der Waals surface area contributed by atoms with Gasteiger partial charge in [-0.1, -0.05) is 6.07 Å². The van der Waals surface area contributed by atoms with Crippen LogP contribution in [0, 0.1) is 17.0 Å². The molecule has 3 rings (SSSR count). The summed E-state index contributed by atoms with van der Waals surface area (Å²) in [5, 5.41) is 24.3. The predicted octanol–water partition coefficient (Wildman–Crippen LogP) is 2.21. The second-order valence-electron chi connectivity index (χ2n) is 6.15. The van der Waals surface area contributed by atoms with Gasteiger partial charge >= 0.3 is 5.69 Å². The van der Waals surface area contributed by atoms with Crippen LogP contribution in [0.4, 0.5) is 17.1 Å². The number of hydrogen-bond donors (Lipinski definition) is 2. The van der Waals surface area contributed by atoms with Crippen molar-refractivity contribution < 1.29 is 14.5 Å². The number of hydrogen-bond acceptors (Lipinski definition) is 6. The SMILES string of the molecule is CCn1nccc1C(=O)Nc1cccc(NC(=O)Cn2ncc([N+](=O)[O-])c2C)c1. The number of carbonyl (C=O) groups excluding carboxylic acids is 2. The lowest BCUT2D eigenvalue weighted by molar-refractivity contribution is -0.385. The lowest BCUT2D eigenvalue weighted by Crippen LogP contribution is -2.20. The number of nitro groups is 1. The van der Waals surface area contributed by atoms with Gasteiger partial charge in [-0.15, -0.1) is 0 Å². The molecule has 0 fully saturated rings. The van der Waals surface area contributed by atoms with Crippen molar-refractivity contribution in [2.45, 2.75) is 26.9 Å². The molecule has 2 heterocycles. The van der Waals surface area contributed by atoms with Gasteiger partial charge in [-0.25, -0.2) is 0 Å². The minimum atomic E-state index is -0.548. The van der Waals surface area contributed by atoms with Crippen molar-refractivity contribution in [2.24, 2.45) is 0 Å². The van der Waals surface area contributed by atoms with E-state index in [0.717, 1.165) is 6.20 Å². The van der Waals surface area contributed by atoms with Crippen LogP contribution in [-0.2, 0) is 17.9 Å². The Morgan fingerprint density at radius 1 is 1.14 bits per heavy atom. The number of amides is 2. The molecule has 11 heteroatoms. The quantitative estimate of drug-likeness (QED) is 0.463. The minimum absolute atomic E-state index is 0.145. The molecule has 3 aromatic rings. The number of carbonyl (C=O) groups is 2. The molecule has 29 heavy (non-hydrogen) atoms. The molecule has 0 spiro atoms. The van der Waals surface area contributed by atoms with Gasteiger partial charge in [-0.05, 0) is 38.1 Å². The standard InChI is InChI=1S/C18H19N7O4/c1-3-23-15(7-8-19-23)18(27)22-14-6-4-5-13(9-14)21-17(26)11-24-12(2)16(10-20-24)25(28)29/h4-10H,3,11H2,1-2H3,(H,21,26)(H,22,27). The van der Waals surface area contributed by atoms with Crippen LogP contribution in [0.5, 0.6) is 0 Å². The maximum atomic E-state index is 12.4. The third-order valence-corrected chi connectivity index (χ3v) is 4.22. The van der Waals surface area contributed by atoms with Gasteiger partial charge in [0.1, 0.15) is 24.1 Å². The first-order valence-corrected chi connectivity index (χ1v) is 8.79. The van der Waals surface area contributed by atoms with Gasteiger partial charge in [0.15, 0.2) is 0 Å². The fourth-order valence-corrected chi connectivity index (χ4v) is 2.76. The number of aromatic nitrogens is 4. The maximum absolute atomic E-state index is 12.4. The Morgan fingerprint density at radius 3 is 2.52 bits per heavy atom. The van der Waals surface area contributed by atoms with E-state index in [1.165, 1.54) is 11.6 Å². The Bertz CT molecular complexity index is 1070. The number of nitrogens with one attached hydrogen (secondary N) is 2. The number of aryl methyl sites for hydroxylation is 1. The van der Waals surface area contributed by atoms with E-state index in [9.17, 15) is 19.7 Å². The van der Waals surface area contributed by atoms with Crippen molar-refractivity contribution in [3.05, 3.63) is 64.2 Å². The highest BCUT2D eigenvalue weighted by molar-refractivity contribution is 6.03. The van der Waals surface area contributed by atoms with Crippen LogP contribution in [0.2, 0.25) is 0 Å². The Kier molecular flexibility index (Phi) is 5.67. The largest absolute Gasteiger partial charge is 0.324 e. The molecule has 11 nitrogen and oxygen atoms in total. The van der Waals surface area contributed by atoms with E-state index in [2.05, 4.69) is 20.8 Å². The van der Waals surface area contributed by atoms with E-state index < -0.39 is 10.8 Å². The third-order valence-electron chi connectivity index (χ3n) is 4.22. The summed E-state index contributed by atoms with van der Waals surface area (Å²) in [6, 6.07) is 8.28. The van der Waals surface area contributed by atoms with Gasteiger partial charge in [-0.3, -0.25) is 29.1 Å². The fourth-order valence-electron chi connectivity index (χ4n) is 2.76. The predicted molar refractivity (Wildman–Crippen MR) is 105 cm³/mol. The van der Waals surface area contributed by atoms with Gasteiger partial charge in [-0.2, -0.15) is 10.2 Å². The molecule has 0 radical (unpaired) electrons. The summed E-state index contributed by atoms with van der Waals surface area (Å²) in [6.07, 6.45) is 2.66. The van der Waals surface area contributed by atoms with Gasteiger partial charge in [0.05, 0.1) is 4.92 Å².